The van der Waals surface area contributed by atoms with E-state index in [0.29, 0.717) is 32.2 Å². The molecule has 5 nitrogen and oxygen atoms in total. The van der Waals surface area contributed by atoms with E-state index in [-0.39, 0.29) is 0 Å². The Balaban J connectivity index is 1.45. The number of aromatic nitrogens is 1. The fourth-order valence-corrected chi connectivity index (χ4v) is 3.82. The number of rotatable bonds is 9. The van der Waals surface area contributed by atoms with Crippen molar-refractivity contribution in [1.82, 2.24) is 15.6 Å². The third-order valence-electron chi connectivity index (χ3n) is 4.62. The smallest absolute Gasteiger partial charge is 0.191 e. The van der Waals surface area contributed by atoms with Crippen LogP contribution in [0.5, 0.6) is 0 Å². The Morgan fingerprint density at radius 1 is 0.967 bits per heavy atom. The minimum absolute atomic E-state index is 0.455. The standard InChI is InChI=1S/C24H30N4OS/c1-18(2)22-17-30-23(28-22)14-27-24(25-3)26-13-20-10-7-11-21(12-20)16-29-15-19-8-5-4-6-9-19/h4-12,17-18H,13-16H2,1-3H3,(H2,25,26,27). The Bertz CT molecular complexity index is 937. The normalized spacial score (nSPS) is 11.7. The molecule has 0 aliphatic heterocycles. The Hall–Kier alpha value is -2.70. The summed E-state index contributed by atoms with van der Waals surface area (Å²) < 4.78 is 5.85. The number of guanidine groups is 1. The number of ether oxygens (including phenoxy) is 1. The summed E-state index contributed by atoms with van der Waals surface area (Å²) in [6.45, 7) is 6.90. The molecule has 0 aliphatic carbocycles. The summed E-state index contributed by atoms with van der Waals surface area (Å²) in [6.07, 6.45) is 0. The first-order chi connectivity index (χ1) is 14.6. The summed E-state index contributed by atoms with van der Waals surface area (Å²) in [5.74, 6) is 1.22. The molecule has 1 aromatic heterocycles. The zero-order chi connectivity index (χ0) is 21.2. The van der Waals surface area contributed by atoms with E-state index in [2.05, 4.69) is 76.2 Å². The summed E-state index contributed by atoms with van der Waals surface area (Å²) in [4.78, 5) is 8.97. The summed E-state index contributed by atoms with van der Waals surface area (Å²) in [5, 5.41) is 9.90. The van der Waals surface area contributed by atoms with Crippen molar-refractivity contribution in [2.75, 3.05) is 7.05 Å². The molecule has 6 heteroatoms. The maximum absolute atomic E-state index is 5.85. The van der Waals surface area contributed by atoms with Gasteiger partial charge in [-0.1, -0.05) is 68.4 Å². The van der Waals surface area contributed by atoms with Crippen LogP contribution in [0.1, 0.15) is 47.2 Å². The van der Waals surface area contributed by atoms with Gasteiger partial charge in [0.25, 0.3) is 0 Å². The fourth-order valence-electron chi connectivity index (χ4n) is 2.93. The van der Waals surface area contributed by atoms with Crippen molar-refractivity contribution in [3.05, 3.63) is 87.4 Å². The van der Waals surface area contributed by atoms with Crippen LogP contribution >= 0.6 is 11.3 Å². The molecular weight excluding hydrogens is 392 g/mol. The molecule has 30 heavy (non-hydrogen) atoms. The molecule has 0 unspecified atom stereocenters. The highest BCUT2D eigenvalue weighted by Gasteiger charge is 2.06. The first kappa shape index (κ1) is 22.0. The monoisotopic (exact) mass is 422 g/mol. The van der Waals surface area contributed by atoms with Gasteiger partial charge in [0, 0.05) is 19.0 Å². The van der Waals surface area contributed by atoms with Crippen LogP contribution in [0.3, 0.4) is 0 Å². The Kier molecular flexibility index (Phi) is 8.41. The second kappa shape index (κ2) is 11.5. The molecule has 0 saturated carbocycles. The molecule has 158 valence electrons. The van der Waals surface area contributed by atoms with Crippen LogP contribution in [0, 0.1) is 0 Å². The molecule has 3 aromatic rings. The lowest BCUT2D eigenvalue weighted by atomic mass is 10.1. The molecule has 1 heterocycles. The van der Waals surface area contributed by atoms with Gasteiger partial charge in [-0.05, 0) is 22.6 Å². The van der Waals surface area contributed by atoms with E-state index < -0.39 is 0 Å². The molecular formula is C24H30N4OS. The van der Waals surface area contributed by atoms with Crippen molar-refractivity contribution in [3.63, 3.8) is 0 Å². The quantitative estimate of drug-likeness (QED) is 0.382. The summed E-state index contributed by atoms with van der Waals surface area (Å²) in [7, 11) is 1.78. The molecule has 2 N–H and O–H groups in total. The molecule has 0 amide bonds. The van der Waals surface area contributed by atoms with Crippen molar-refractivity contribution >= 4 is 17.3 Å². The largest absolute Gasteiger partial charge is 0.372 e. The van der Waals surface area contributed by atoms with Crippen molar-refractivity contribution in [1.29, 1.82) is 0 Å². The van der Waals surface area contributed by atoms with E-state index in [9.17, 15) is 0 Å². The highest BCUT2D eigenvalue weighted by atomic mass is 32.1. The third kappa shape index (κ3) is 6.97. The zero-order valence-corrected chi connectivity index (χ0v) is 18.7. The van der Waals surface area contributed by atoms with E-state index in [1.807, 2.05) is 18.2 Å². The van der Waals surface area contributed by atoms with Gasteiger partial charge in [0.05, 0.1) is 25.5 Å². The van der Waals surface area contributed by atoms with E-state index in [4.69, 9.17) is 4.74 Å². The fraction of sp³-hybridized carbons (Fsp3) is 0.333. The molecule has 0 aliphatic rings. The number of hydrogen-bond acceptors (Lipinski definition) is 4. The molecule has 0 spiro atoms. The maximum Gasteiger partial charge on any atom is 0.191 e. The van der Waals surface area contributed by atoms with Crippen molar-refractivity contribution < 1.29 is 4.74 Å². The first-order valence-electron chi connectivity index (χ1n) is 10.2. The predicted molar refractivity (Wildman–Crippen MR) is 125 cm³/mol. The Morgan fingerprint density at radius 3 is 2.40 bits per heavy atom. The van der Waals surface area contributed by atoms with Crippen LogP contribution < -0.4 is 10.6 Å². The molecule has 3 rings (SSSR count). The van der Waals surface area contributed by atoms with Crippen LogP contribution in [-0.2, 0) is 31.0 Å². The van der Waals surface area contributed by atoms with Crippen LogP contribution in [0.2, 0.25) is 0 Å². The lowest BCUT2D eigenvalue weighted by molar-refractivity contribution is 0.107. The molecule has 2 aromatic carbocycles. The van der Waals surface area contributed by atoms with Crippen molar-refractivity contribution in [2.45, 2.75) is 46.1 Å². The average molecular weight is 423 g/mol. The minimum Gasteiger partial charge on any atom is -0.372 e. The van der Waals surface area contributed by atoms with E-state index in [1.165, 1.54) is 11.1 Å². The van der Waals surface area contributed by atoms with Crippen LogP contribution in [0.15, 0.2) is 65.0 Å². The maximum atomic E-state index is 5.85. The van der Waals surface area contributed by atoms with Gasteiger partial charge in [-0.2, -0.15) is 0 Å². The molecule has 0 saturated heterocycles. The lowest BCUT2D eigenvalue weighted by Gasteiger charge is -2.12. The Labute approximate surface area is 183 Å². The SMILES string of the molecule is CN=C(NCc1cccc(COCc2ccccc2)c1)NCc1nc(C(C)C)cs1. The minimum atomic E-state index is 0.455. The number of thiazole rings is 1. The predicted octanol–water partition coefficient (Wildman–Crippen LogP) is 4.85. The summed E-state index contributed by atoms with van der Waals surface area (Å²) in [5.41, 5.74) is 4.68. The number of benzene rings is 2. The second-order valence-corrected chi connectivity index (χ2v) is 8.34. The topological polar surface area (TPSA) is 58.5 Å². The van der Waals surface area contributed by atoms with E-state index >= 15 is 0 Å². The molecule has 0 atom stereocenters. The second-order valence-electron chi connectivity index (χ2n) is 7.40. The highest BCUT2D eigenvalue weighted by molar-refractivity contribution is 7.09. The summed E-state index contributed by atoms with van der Waals surface area (Å²) in [6, 6.07) is 18.7. The summed E-state index contributed by atoms with van der Waals surface area (Å²) >= 11 is 1.68. The Morgan fingerprint density at radius 2 is 1.67 bits per heavy atom. The number of hydrogen-bond donors (Lipinski definition) is 2. The highest BCUT2D eigenvalue weighted by Crippen LogP contribution is 2.17. The number of aliphatic imine (C=N–C) groups is 1. The van der Waals surface area contributed by atoms with Gasteiger partial charge in [-0.3, -0.25) is 4.99 Å². The van der Waals surface area contributed by atoms with Crippen molar-refractivity contribution in [3.8, 4) is 0 Å². The van der Waals surface area contributed by atoms with Crippen LogP contribution in [-0.4, -0.2) is 18.0 Å². The van der Waals surface area contributed by atoms with Crippen LogP contribution in [0.4, 0.5) is 0 Å². The van der Waals surface area contributed by atoms with E-state index in [1.54, 1.807) is 18.4 Å². The number of nitrogens with one attached hydrogen (secondary N) is 2. The van der Waals surface area contributed by atoms with Crippen molar-refractivity contribution in [2.24, 2.45) is 4.99 Å². The van der Waals surface area contributed by atoms with Crippen LogP contribution in [0.25, 0.3) is 0 Å². The third-order valence-corrected chi connectivity index (χ3v) is 5.49. The zero-order valence-electron chi connectivity index (χ0n) is 17.9. The van der Waals surface area contributed by atoms with Gasteiger partial charge in [0.1, 0.15) is 5.01 Å². The van der Waals surface area contributed by atoms with Gasteiger partial charge in [0.15, 0.2) is 5.96 Å². The molecule has 0 radical (unpaired) electrons. The van der Waals surface area contributed by atoms with Gasteiger partial charge in [0.2, 0.25) is 0 Å². The lowest BCUT2D eigenvalue weighted by Crippen LogP contribution is -2.36. The van der Waals surface area contributed by atoms with E-state index in [0.717, 1.165) is 22.2 Å². The molecule has 0 fully saturated rings. The first-order valence-corrected chi connectivity index (χ1v) is 11.1. The van der Waals surface area contributed by atoms with Gasteiger partial charge in [-0.25, -0.2) is 4.98 Å². The number of nitrogens with zero attached hydrogens (tertiary/aromatic N) is 2. The van der Waals surface area contributed by atoms with Gasteiger partial charge >= 0.3 is 0 Å². The molecule has 0 bridgehead atoms. The average Bonchev–Trinajstić information content (AvgIpc) is 3.24. The van der Waals surface area contributed by atoms with Gasteiger partial charge < -0.3 is 15.4 Å². The van der Waals surface area contributed by atoms with Gasteiger partial charge in [-0.15, -0.1) is 11.3 Å².